The molecule has 3 fully saturated rings. The highest BCUT2D eigenvalue weighted by molar-refractivity contribution is 5.85. The zero-order valence-electron chi connectivity index (χ0n) is 14.9. The summed E-state index contributed by atoms with van der Waals surface area (Å²) in [5, 5.41) is 12.2. The van der Waals surface area contributed by atoms with Gasteiger partial charge >= 0.3 is 0 Å². The van der Waals surface area contributed by atoms with E-state index in [1.54, 1.807) is 13.3 Å². The summed E-state index contributed by atoms with van der Waals surface area (Å²) in [6.07, 6.45) is 4.97. The molecule has 1 aromatic carbocycles. The molecular formula is C20H27ClN2O2. The van der Waals surface area contributed by atoms with Crippen molar-refractivity contribution in [2.45, 2.75) is 38.3 Å². The number of halogens is 1. The van der Waals surface area contributed by atoms with E-state index >= 15 is 0 Å². The highest BCUT2D eigenvalue weighted by Gasteiger charge is 2.42. The van der Waals surface area contributed by atoms with E-state index in [4.69, 9.17) is 4.74 Å². The Bertz CT molecular complexity index is 739. The first-order chi connectivity index (χ1) is 11.7. The molecule has 1 aromatic heterocycles. The number of aromatic nitrogens is 1. The van der Waals surface area contributed by atoms with E-state index in [0.717, 1.165) is 53.6 Å². The van der Waals surface area contributed by atoms with Gasteiger partial charge in [0.15, 0.2) is 0 Å². The number of benzene rings is 1. The lowest BCUT2D eigenvalue weighted by molar-refractivity contribution is -0.0562. The minimum absolute atomic E-state index is 0. The molecule has 2 bridgehead atoms. The molecule has 0 unspecified atom stereocenters. The van der Waals surface area contributed by atoms with Crippen LogP contribution in [0.1, 0.15) is 37.9 Å². The third-order valence-corrected chi connectivity index (χ3v) is 6.13. The maximum absolute atomic E-state index is 11.2. The number of methoxy groups -OCH3 is 1. The smallest absolute Gasteiger partial charge is 0.119 e. The summed E-state index contributed by atoms with van der Waals surface area (Å²) >= 11 is 0. The molecule has 2 aromatic rings. The van der Waals surface area contributed by atoms with Crippen molar-refractivity contribution in [3.63, 3.8) is 0 Å². The van der Waals surface area contributed by atoms with Crippen LogP contribution >= 0.6 is 12.4 Å². The topological polar surface area (TPSA) is 45.6 Å². The number of hydrogen-bond acceptors (Lipinski definition) is 4. The Morgan fingerprint density at radius 3 is 2.88 bits per heavy atom. The van der Waals surface area contributed by atoms with Crippen LogP contribution in [0.25, 0.3) is 10.9 Å². The lowest BCUT2D eigenvalue weighted by Gasteiger charge is -2.51. The van der Waals surface area contributed by atoms with Crippen molar-refractivity contribution in [2.75, 3.05) is 20.2 Å². The Labute approximate surface area is 155 Å². The van der Waals surface area contributed by atoms with Gasteiger partial charge in [-0.05, 0) is 61.1 Å². The van der Waals surface area contributed by atoms with Crippen molar-refractivity contribution < 1.29 is 9.84 Å². The maximum Gasteiger partial charge on any atom is 0.119 e. The SMILES string of the molecule is CC[C@H]1C[N@]2CC[C@H]1C[C@H]2[C@H](O)c1ccnc2ccc(OC)cc12.Cl. The summed E-state index contributed by atoms with van der Waals surface area (Å²) in [4.78, 5) is 6.94. The van der Waals surface area contributed by atoms with Gasteiger partial charge in [0.05, 0.1) is 18.7 Å². The van der Waals surface area contributed by atoms with Crippen molar-refractivity contribution in [3.8, 4) is 5.75 Å². The number of pyridine rings is 1. The summed E-state index contributed by atoms with van der Waals surface area (Å²) in [6, 6.07) is 8.07. The minimum atomic E-state index is -0.469. The highest BCUT2D eigenvalue weighted by atomic mass is 35.5. The molecule has 4 nitrogen and oxygen atoms in total. The molecule has 1 N–H and O–H groups in total. The van der Waals surface area contributed by atoms with E-state index in [0.29, 0.717) is 0 Å². The van der Waals surface area contributed by atoms with Gasteiger partial charge in [-0.15, -0.1) is 12.4 Å². The average Bonchev–Trinajstić information content (AvgIpc) is 2.66. The molecule has 5 heteroatoms. The quantitative estimate of drug-likeness (QED) is 0.898. The standard InChI is InChI=1S/C20H26N2O2.ClH/c1-3-13-12-22-9-7-14(13)10-19(22)20(23)16-6-8-21-18-5-4-15(24-2)11-17(16)18;/h4-6,8,11,13-14,19-20,23H,3,7,9-10,12H2,1-2H3;1H/t13-,14-,19-,20+;/m0./s1. The van der Waals surface area contributed by atoms with E-state index in [-0.39, 0.29) is 18.4 Å². The van der Waals surface area contributed by atoms with Crippen LogP contribution in [-0.4, -0.2) is 41.2 Å². The van der Waals surface area contributed by atoms with Crippen molar-refractivity contribution in [1.82, 2.24) is 9.88 Å². The number of ether oxygens (including phenoxy) is 1. The number of piperidine rings is 3. The molecule has 0 spiro atoms. The maximum atomic E-state index is 11.2. The normalized spacial score (nSPS) is 29.2. The van der Waals surface area contributed by atoms with E-state index in [1.165, 1.54) is 12.8 Å². The van der Waals surface area contributed by atoms with Gasteiger partial charge in [0, 0.05) is 24.2 Å². The van der Waals surface area contributed by atoms with Crippen LogP contribution in [0.2, 0.25) is 0 Å². The molecule has 0 aliphatic carbocycles. The highest BCUT2D eigenvalue weighted by Crippen LogP contribution is 2.42. The van der Waals surface area contributed by atoms with Crippen molar-refractivity contribution in [3.05, 3.63) is 36.0 Å². The first-order valence-corrected chi connectivity index (χ1v) is 9.06. The van der Waals surface area contributed by atoms with Crippen LogP contribution < -0.4 is 4.74 Å². The predicted molar refractivity (Wildman–Crippen MR) is 102 cm³/mol. The third kappa shape index (κ3) is 3.23. The third-order valence-electron chi connectivity index (χ3n) is 6.13. The molecule has 0 radical (unpaired) electrons. The number of fused-ring (bicyclic) bond motifs is 4. The number of aliphatic hydroxyl groups is 1. The fraction of sp³-hybridized carbons (Fsp3) is 0.550. The summed E-state index contributed by atoms with van der Waals surface area (Å²) < 4.78 is 5.36. The lowest BCUT2D eigenvalue weighted by atomic mass is 9.72. The van der Waals surface area contributed by atoms with Crippen LogP contribution in [0.3, 0.4) is 0 Å². The molecule has 5 atom stereocenters. The van der Waals surface area contributed by atoms with E-state index in [2.05, 4.69) is 16.8 Å². The first-order valence-electron chi connectivity index (χ1n) is 9.06. The summed E-state index contributed by atoms with van der Waals surface area (Å²) in [6.45, 7) is 4.55. The summed E-state index contributed by atoms with van der Waals surface area (Å²) in [5.41, 5.74) is 1.89. The van der Waals surface area contributed by atoms with Crippen LogP contribution in [-0.2, 0) is 0 Å². The second-order valence-corrected chi connectivity index (χ2v) is 7.24. The van der Waals surface area contributed by atoms with Gasteiger partial charge in [-0.25, -0.2) is 0 Å². The van der Waals surface area contributed by atoms with Gasteiger partial charge in [-0.1, -0.05) is 13.3 Å². The second-order valence-electron chi connectivity index (χ2n) is 7.24. The minimum Gasteiger partial charge on any atom is -0.497 e. The van der Waals surface area contributed by atoms with Crippen LogP contribution in [0.4, 0.5) is 0 Å². The van der Waals surface area contributed by atoms with Gasteiger partial charge in [0.2, 0.25) is 0 Å². The molecule has 5 rings (SSSR count). The van der Waals surface area contributed by atoms with E-state index in [1.807, 2.05) is 24.3 Å². The van der Waals surface area contributed by atoms with Crippen LogP contribution in [0.15, 0.2) is 30.5 Å². The Balaban J connectivity index is 0.00000182. The Morgan fingerprint density at radius 2 is 2.20 bits per heavy atom. The Morgan fingerprint density at radius 1 is 1.36 bits per heavy atom. The zero-order valence-corrected chi connectivity index (χ0v) is 15.7. The average molecular weight is 363 g/mol. The number of aliphatic hydroxyl groups excluding tert-OH is 1. The molecule has 0 saturated carbocycles. The predicted octanol–water partition coefficient (Wildman–Crippen LogP) is 3.82. The number of nitrogens with zero attached hydrogens (tertiary/aromatic N) is 2. The Hall–Kier alpha value is -1.36. The van der Waals surface area contributed by atoms with Crippen molar-refractivity contribution in [2.24, 2.45) is 11.8 Å². The second kappa shape index (κ2) is 7.48. The number of rotatable bonds is 4. The monoisotopic (exact) mass is 362 g/mol. The molecule has 3 aliphatic heterocycles. The molecule has 0 amide bonds. The van der Waals surface area contributed by atoms with Crippen molar-refractivity contribution in [1.29, 1.82) is 0 Å². The first kappa shape index (κ1) is 18.4. The fourth-order valence-corrected chi connectivity index (χ4v) is 4.71. The van der Waals surface area contributed by atoms with Crippen LogP contribution in [0.5, 0.6) is 5.75 Å². The van der Waals surface area contributed by atoms with Crippen LogP contribution in [0, 0.1) is 11.8 Å². The molecular weight excluding hydrogens is 336 g/mol. The molecule has 25 heavy (non-hydrogen) atoms. The zero-order chi connectivity index (χ0) is 16.7. The van der Waals surface area contributed by atoms with Crippen molar-refractivity contribution >= 4 is 23.3 Å². The van der Waals surface area contributed by atoms with Gasteiger partial charge in [-0.3, -0.25) is 9.88 Å². The molecule has 3 aliphatic rings. The fourth-order valence-electron chi connectivity index (χ4n) is 4.71. The summed E-state index contributed by atoms with van der Waals surface area (Å²) in [7, 11) is 1.67. The molecule has 3 saturated heterocycles. The van der Waals surface area contributed by atoms with E-state index < -0.39 is 6.10 Å². The van der Waals surface area contributed by atoms with E-state index in [9.17, 15) is 5.11 Å². The number of hydrogen-bond donors (Lipinski definition) is 1. The Kier molecular flexibility index (Phi) is 5.52. The van der Waals surface area contributed by atoms with Gasteiger partial charge in [0.1, 0.15) is 5.75 Å². The van der Waals surface area contributed by atoms with Gasteiger partial charge in [-0.2, -0.15) is 0 Å². The molecule has 136 valence electrons. The summed E-state index contributed by atoms with van der Waals surface area (Å²) in [5.74, 6) is 2.37. The molecule has 4 heterocycles. The lowest BCUT2D eigenvalue weighted by Crippen LogP contribution is -2.55. The largest absolute Gasteiger partial charge is 0.497 e. The van der Waals surface area contributed by atoms with Gasteiger partial charge in [0.25, 0.3) is 0 Å². The van der Waals surface area contributed by atoms with Gasteiger partial charge < -0.3 is 9.84 Å².